The van der Waals surface area contributed by atoms with Gasteiger partial charge in [-0.1, -0.05) is 0 Å². The van der Waals surface area contributed by atoms with E-state index in [4.69, 9.17) is 18.9 Å². The second-order valence-corrected chi connectivity index (χ2v) is 5.60. The van der Waals surface area contributed by atoms with Crippen molar-refractivity contribution in [2.75, 3.05) is 28.4 Å². The quantitative estimate of drug-likeness (QED) is 0.591. The van der Waals surface area contributed by atoms with Crippen LogP contribution < -0.4 is 18.9 Å². The van der Waals surface area contributed by atoms with Crippen LogP contribution in [-0.4, -0.2) is 40.2 Å². The fraction of sp³-hybridized carbons (Fsp3) is 0.200. The third-order valence-corrected chi connectivity index (χ3v) is 4.07. The van der Waals surface area contributed by atoms with E-state index in [1.54, 1.807) is 30.3 Å². The molecule has 0 saturated heterocycles. The van der Waals surface area contributed by atoms with Crippen LogP contribution in [0, 0.1) is 0 Å². The van der Waals surface area contributed by atoms with Gasteiger partial charge in [-0.05, 0) is 42.0 Å². The summed E-state index contributed by atoms with van der Waals surface area (Å²) in [7, 11) is 5.81. The first-order valence-electron chi connectivity index (χ1n) is 7.99. The molecular weight excluding hydrogens is 352 g/mol. The van der Waals surface area contributed by atoms with E-state index >= 15 is 0 Å². The molecule has 0 saturated carbocycles. The molecule has 7 nitrogen and oxygen atoms in total. The Morgan fingerprint density at radius 2 is 1.63 bits per heavy atom. The Balaban J connectivity index is 1.99. The first kappa shape index (κ1) is 18.3. The number of hydrogen-bond donors (Lipinski definition) is 0. The van der Waals surface area contributed by atoms with E-state index in [9.17, 15) is 9.59 Å². The Hall–Kier alpha value is -3.48. The molecule has 0 atom stereocenters. The van der Waals surface area contributed by atoms with Gasteiger partial charge in [0.15, 0.2) is 17.3 Å². The minimum atomic E-state index is -0.521. The summed E-state index contributed by atoms with van der Waals surface area (Å²) in [6, 6.07) is 7.97. The summed E-state index contributed by atoms with van der Waals surface area (Å²) < 4.78 is 26.2. The molecule has 0 aromatic heterocycles. The van der Waals surface area contributed by atoms with Gasteiger partial charge < -0.3 is 23.7 Å². The van der Waals surface area contributed by atoms with Gasteiger partial charge in [0.05, 0.1) is 39.6 Å². The van der Waals surface area contributed by atoms with Crippen molar-refractivity contribution >= 4 is 17.8 Å². The standard InChI is InChI=1S/C20H18O7/c1-23-16-8-11(9-17(24-2)19(16)25-3)7-15-18(21)13-10-12(20(22)26-4)5-6-14(13)27-15/h5-10H,1-4H3/b15-7+. The number of carbonyl (C=O) groups is 2. The van der Waals surface area contributed by atoms with Crippen LogP contribution in [0.5, 0.6) is 23.0 Å². The average Bonchev–Trinajstić information content (AvgIpc) is 3.01. The van der Waals surface area contributed by atoms with Gasteiger partial charge >= 0.3 is 5.97 Å². The summed E-state index contributed by atoms with van der Waals surface area (Å²) >= 11 is 0. The fourth-order valence-corrected chi connectivity index (χ4v) is 2.77. The third kappa shape index (κ3) is 3.31. The molecule has 0 radical (unpaired) electrons. The van der Waals surface area contributed by atoms with Crippen molar-refractivity contribution in [3.05, 3.63) is 52.8 Å². The maximum absolute atomic E-state index is 12.7. The van der Waals surface area contributed by atoms with Crippen LogP contribution in [0.15, 0.2) is 36.1 Å². The van der Waals surface area contributed by atoms with Crippen molar-refractivity contribution in [3.8, 4) is 23.0 Å². The van der Waals surface area contributed by atoms with Crippen LogP contribution in [0.25, 0.3) is 6.08 Å². The van der Waals surface area contributed by atoms with Crippen molar-refractivity contribution in [3.63, 3.8) is 0 Å². The number of fused-ring (bicyclic) bond motifs is 1. The Morgan fingerprint density at radius 3 is 2.19 bits per heavy atom. The predicted molar refractivity (Wildman–Crippen MR) is 96.8 cm³/mol. The van der Waals surface area contributed by atoms with E-state index in [2.05, 4.69) is 4.74 Å². The lowest BCUT2D eigenvalue weighted by Gasteiger charge is -2.13. The van der Waals surface area contributed by atoms with Crippen LogP contribution in [0.2, 0.25) is 0 Å². The van der Waals surface area contributed by atoms with Crippen molar-refractivity contribution in [1.29, 1.82) is 0 Å². The highest BCUT2D eigenvalue weighted by atomic mass is 16.5. The van der Waals surface area contributed by atoms with Crippen molar-refractivity contribution in [1.82, 2.24) is 0 Å². The molecule has 1 aliphatic heterocycles. The number of carbonyl (C=O) groups excluding carboxylic acids is 2. The minimum Gasteiger partial charge on any atom is -0.493 e. The number of Topliss-reactive ketones (excluding diaryl/α,β-unsaturated/α-hetero) is 1. The van der Waals surface area contributed by atoms with Gasteiger partial charge in [-0.25, -0.2) is 4.79 Å². The first-order chi connectivity index (χ1) is 13.0. The summed E-state index contributed by atoms with van der Waals surface area (Å²) in [5.41, 5.74) is 1.22. The molecule has 2 aromatic rings. The Kier molecular flexibility index (Phi) is 5.03. The summed E-state index contributed by atoms with van der Waals surface area (Å²) in [4.78, 5) is 24.3. The predicted octanol–water partition coefficient (Wildman–Crippen LogP) is 3.12. The van der Waals surface area contributed by atoms with E-state index < -0.39 is 5.97 Å². The van der Waals surface area contributed by atoms with E-state index in [-0.39, 0.29) is 17.1 Å². The number of allylic oxidation sites excluding steroid dienone is 1. The Bertz CT molecular complexity index is 918. The lowest BCUT2D eigenvalue weighted by atomic mass is 10.1. The normalized spacial score (nSPS) is 13.8. The lowest BCUT2D eigenvalue weighted by molar-refractivity contribution is 0.0600. The molecule has 140 valence electrons. The first-order valence-corrected chi connectivity index (χ1v) is 7.99. The summed E-state index contributed by atoms with van der Waals surface area (Å²) in [5, 5.41) is 0. The molecule has 3 rings (SSSR count). The number of methoxy groups -OCH3 is 4. The largest absolute Gasteiger partial charge is 0.493 e. The molecule has 0 amide bonds. The van der Waals surface area contributed by atoms with Crippen LogP contribution in [-0.2, 0) is 4.74 Å². The average molecular weight is 370 g/mol. The number of ether oxygens (including phenoxy) is 5. The van der Waals surface area contributed by atoms with E-state index in [0.29, 0.717) is 34.1 Å². The zero-order chi connectivity index (χ0) is 19.6. The fourth-order valence-electron chi connectivity index (χ4n) is 2.77. The molecule has 2 aromatic carbocycles. The number of benzene rings is 2. The van der Waals surface area contributed by atoms with Gasteiger partial charge in [0.25, 0.3) is 0 Å². The molecule has 27 heavy (non-hydrogen) atoms. The summed E-state index contributed by atoms with van der Waals surface area (Å²) in [5.74, 6) is 1.02. The molecule has 1 aliphatic rings. The SMILES string of the molecule is COC(=O)c1ccc2c(c1)C(=O)/C(=C\c1cc(OC)c(OC)c(OC)c1)O2. The number of esters is 1. The van der Waals surface area contributed by atoms with Crippen molar-refractivity contribution in [2.24, 2.45) is 0 Å². The number of rotatable bonds is 5. The van der Waals surface area contributed by atoms with E-state index in [0.717, 1.165) is 0 Å². The second-order valence-electron chi connectivity index (χ2n) is 5.60. The zero-order valence-electron chi connectivity index (χ0n) is 15.3. The van der Waals surface area contributed by atoms with Gasteiger partial charge in [-0.15, -0.1) is 0 Å². The van der Waals surface area contributed by atoms with Crippen LogP contribution in [0.1, 0.15) is 26.3 Å². The minimum absolute atomic E-state index is 0.126. The van der Waals surface area contributed by atoms with Crippen LogP contribution in [0.4, 0.5) is 0 Å². The molecule has 1 heterocycles. The monoisotopic (exact) mass is 370 g/mol. The zero-order valence-corrected chi connectivity index (χ0v) is 15.3. The van der Waals surface area contributed by atoms with Crippen LogP contribution >= 0.6 is 0 Å². The molecule has 7 heteroatoms. The second kappa shape index (κ2) is 7.41. The topological polar surface area (TPSA) is 80.3 Å². The molecule has 0 spiro atoms. The molecular formula is C20H18O7. The van der Waals surface area contributed by atoms with Crippen molar-refractivity contribution < 1.29 is 33.3 Å². The maximum atomic E-state index is 12.7. The van der Waals surface area contributed by atoms with Crippen molar-refractivity contribution in [2.45, 2.75) is 0 Å². The van der Waals surface area contributed by atoms with Gasteiger partial charge in [0, 0.05) is 0 Å². The van der Waals surface area contributed by atoms with E-state index in [1.807, 2.05) is 0 Å². The third-order valence-electron chi connectivity index (χ3n) is 4.07. The lowest BCUT2D eigenvalue weighted by Crippen LogP contribution is -2.03. The van der Waals surface area contributed by atoms with Gasteiger partial charge in [0.2, 0.25) is 11.5 Å². The van der Waals surface area contributed by atoms with Gasteiger partial charge in [-0.3, -0.25) is 4.79 Å². The maximum Gasteiger partial charge on any atom is 0.337 e. The van der Waals surface area contributed by atoms with E-state index in [1.165, 1.54) is 34.5 Å². The van der Waals surface area contributed by atoms with Gasteiger partial charge in [0.1, 0.15) is 5.75 Å². The smallest absolute Gasteiger partial charge is 0.337 e. The number of ketones is 1. The highest BCUT2D eigenvalue weighted by Crippen LogP contribution is 2.39. The van der Waals surface area contributed by atoms with Gasteiger partial charge in [-0.2, -0.15) is 0 Å². The Labute approximate surface area is 156 Å². The highest BCUT2D eigenvalue weighted by molar-refractivity contribution is 6.15. The molecule has 0 aliphatic carbocycles. The summed E-state index contributed by atoms with van der Waals surface area (Å²) in [6.07, 6.45) is 1.57. The molecule has 0 unspecified atom stereocenters. The Morgan fingerprint density at radius 1 is 0.963 bits per heavy atom. The molecule has 0 N–H and O–H groups in total. The summed E-state index contributed by atoms with van der Waals surface area (Å²) in [6.45, 7) is 0. The number of hydrogen-bond acceptors (Lipinski definition) is 7. The molecule has 0 fully saturated rings. The highest BCUT2D eigenvalue weighted by Gasteiger charge is 2.28. The molecule has 0 bridgehead atoms. The van der Waals surface area contributed by atoms with Crippen LogP contribution in [0.3, 0.4) is 0 Å².